The number of aliphatic hydroxyl groups is 6. The van der Waals surface area contributed by atoms with Crippen molar-refractivity contribution in [3.05, 3.63) is 0 Å². The molecule has 15 N–H and O–H groups in total. The molecule has 0 aliphatic heterocycles. The van der Waals surface area contributed by atoms with Crippen LogP contribution in [0.2, 0.25) is 0 Å². The van der Waals surface area contributed by atoms with Crippen LogP contribution in [0.4, 0.5) is 0 Å². The van der Waals surface area contributed by atoms with Crippen molar-refractivity contribution in [1.82, 2.24) is 12.3 Å². The van der Waals surface area contributed by atoms with Crippen molar-refractivity contribution in [1.29, 1.82) is 0 Å². The molecule has 0 aromatic carbocycles. The Morgan fingerprint density at radius 2 is 0.895 bits per heavy atom. The molecule has 19 heavy (non-hydrogen) atoms. The first kappa shape index (κ1) is 27.2. The van der Waals surface area contributed by atoms with Crippen LogP contribution in [-0.2, 0) is 4.57 Å². The maximum Gasteiger partial charge on any atom is 0.466 e. The fourth-order valence-corrected chi connectivity index (χ4v) is 0.671. The SMILES string of the molecule is N.N.O=P(O)(O)O.OCC(O)C(O)C(O)C(O)CO. The maximum absolute atomic E-state index is 8.96. The van der Waals surface area contributed by atoms with Crippen molar-refractivity contribution in [3.63, 3.8) is 0 Å². The quantitative estimate of drug-likeness (QED) is 0.215. The lowest BCUT2D eigenvalue weighted by Gasteiger charge is -2.24. The van der Waals surface area contributed by atoms with Gasteiger partial charge in [-0.3, -0.25) is 0 Å². The Balaban J connectivity index is -0.000000139. The molecule has 12 nitrogen and oxygen atoms in total. The van der Waals surface area contributed by atoms with Crippen LogP contribution in [0, 0.1) is 0 Å². The molecule has 4 atom stereocenters. The highest BCUT2D eigenvalue weighted by Gasteiger charge is 2.29. The van der Waals surface area contributed by atoms with Crippen LogP contribution in [0.1, 0.15) is 0 Å². The summed E-state index contributed by atoms with van der Waals surface area (Å²) in [5, 5.41) is 52.2. The fraction of sp³-hybridized carbons (Fsp3) is 1.00. The third kappa shape index (κ3) is 17.8. The van der Waals surface area contributed by atoms with Crippen LogP contribution in [0.5, 0.6) is 0 Å². The van der Waals surface area contributed by atoms with Gasteiger partial charge in [-0.1, -0.05) is 0 Å². The Hall–Kier alpha value is -0.210. The molecule has 0 aliphatic rings. The topological polar surface area (TPSA) is 269 Å². The summed E-state index contributed by atoms with van der Waals surface area (Å²) in [6, 6.07) is 0. The van der Waals surface area contributed by atoms with Gasteiger partial charge >= 0.3 is 7.82 Å². The minimum Gasteiger partial charge on any atom is -0.394 e. The smallest absolute Gasteiger partial charge is 0.394 e. The fourth-order valence-electron chi connectivity index (χ4n) is 0.671. The second kappa shape index (κ2) is 12.8. The standard InChI is InChI=1S/C6H14O6.2H3N.H3O4P/c7-1-3(9)5(11)6(12)4(10)2-8;;;1-5(2,3)4/h3-12H,1-2H2;2*1H3;(H3,1,2,3,4). The lowest BCUT2D eigenvalue weighted by atomic mass is 10.0. The average molecular weight is 314 g/mol. The van der Waals surface area contributed by atoms with Crippen molar-refractivity contribution in [2.75, 3.05) is 13.2 Å². The van der Waals surface area contributed by atoms with Crippen molar-refractivity contribution >= 4 is 7.82 Å². The van der Waals surface area contributed by atoms with E-state index in [1.165, 1.54) is 0 Å². The predicted octanol–water partition coefficient (Wildman–Crippen LogP) is -4.19. The number of hydrogen-bond acceptors (Lipinski definition) is 9. The van der Waals surface area contributed by atoms with Crippen molar-refractivity contribution in [2.45, 2.75) is 24.4 Å². The van der Waals surface area contributed by atoms with E-state index in [1.54, 1.807) is 0 Å². The molecule has 0 rings (SSSR count). The normalized spacial score (nSPS) is 16.7. The molecule has 0 spiro atoms. The third-order valence-electron chi connectivity index (χ3n) is 1.51. The molecule has 122 valence electrons. The highest BCUT2D eigenvalue weighted by molar-refractivity contribution is 7.45. The summed E-state index contributed by atoms with van der Waals surface area (Å²) >= 11 is 0. The number of aliphatic hydroxyl groups excluding tert-OH is 6. The van der Waals surface area contributed by atoms with E-state index >= 15 is 0 Å². The van der Waals surface area contributed by atoms with Crippen LogP contribution in [0.25, 0.3) is 0 Å². The van der Waals surface area contributed by atoms with E-state index in [1.807, 2.05) is 0 Å². The highest BCUT2D eigenvalue weighted by Crippen LogP contribution is 2.25. The van der Waals surface area contributed by atoms with Gasteiger partial charge in [0.2, 0.25) is 0 Å². The number of phosphoric acid groups is 1. The Morgan fingerprint density at radius 3 is 1.00 bits per heavy atom. The first-order chi connectivity index (χ1) is 7.54. The summed E-state index contributed by atoms with van der Waals surface area (Å²) in [6.07, 6.45) is -6.39. The molecule has 0 bridgehead atoms. The Labute approximate surface area is 109 Å². The first-order valence-corrected chi connectivity index (χ1v) is 5.83. The van der Waals surface area contributed by atoms with E-state index in [0.29, 0.717) is 0 Å². The van der Waals surface area contributed by atoms with Gasteiger partial charge in [0.15, 0.2) is 0 Å². The van der Waals surface area contributed by atoms with Crippen LogP contribution >= 0.6 is 7.82 Å². The molecule has 0 heterocycles. The van der Waals surface area contributed by atoms with E-state index in [2.05, 4.69) is 0 Å². The molecule has 4 unspecified atom stereocenters. The van der Waals surface area contributed by atoms with Gasteiger partial charge in [-0.2, -0.15) is 0 Å². The second-order valence-electron chi connectivity index (χ2n) is 2.99. The van der Waals surface area contributed by atoms with Gasteiger partial charge in [0.1, 0.15) is 24.4 Å². The lowest BCUT2D eigenvalue weighted by molar-refractivity contribution is -0.123. The van der Waals surface area contributed by atoms with Gasteiger partial charge in [0.25, 0.3) is 0 Å². The number of hydrogen-bond donors (Lipinski definition) is 11. The zero-order valence-electron chi connectivity index (χ0n) is 10.0. The van der Waals surface area contributed by atoms with Gasteiger partial charge in [0.05, 0.1) is 13.2 Å². The van der Waals surface area contributed by atoms with E-state index in [9.17, 15) is 0 Å². The summed E-state index contributed by atoms with van der Waals surface area (Å²) in [5.41, 5.74) is 0. The summed E-state index contributed by atoms with van der Waals surface area (Å²) in [4.78, 5) is 21.6. The molecule has 0 fully saturated rings. The monoisotopic (exact) mass is 314 g/mol. The third-order valence-corrected chi connectivity index (χ3v) is 1.51. The van der Waals surface area contributed by atoms with Crippen LogP contribution < -0.4 is 12.3 Å². The summed E-state index contributed by atoms with van der Waals surface area (Å²) in [5.74, 6) is 0. The molecular weight excluding hydrogens is 291 g/mol. The van der Waals surface area contributed by atoms with Crippen LogP contribution in [0.3, 0.4) is 0 Å². The molecule has 0 radical (unpaired) electrons. The van der Waals surface area contributed by atoms with E-state index in [0.717, 1.165) is 0 Å². The van der Waals surface area contributed by atoms with Gasteiger partial charge in [-0.25, -0.2) is 4.57 Å². The molecular formula is C6H23N2O10P. The van der Waals surface area contributed by atoms with Gasteiger partial charge < -0.3 is 57.6 Å². The minimum absolute atomic E-state index is 0. The Bertz CT molecular complexity index is 216. The van der Waals surface area contributed by atoms with Crippen molar-refractivity contribution in [2.24, 2.45) is 0 Å². The van der Waals surface area contributed by atoms with Crippen molar-refractivity contribution in [3.8, 4) is 0 Å². The van der Waals surface area contributed by atoms with Crippen LogP contribution in [-0.4, -0.2) is 82.9 Å². The summed E-state index contributed by atoms with van der Waals surface area (Å²) in [6.45, 7) is -1.45. The van der Waals surface area contributed by atoms with Crippen molar-refractivity contribution < 1.29 is 49.9 Å². The van der Waals surface area contributed by atoms with E-state index in [4.69, 9.17) is 49.9 Å². The van der Waals surface area contributed by atoms with E-state index < -0.39 is 45.5 Å². The van der Waals surface area contributed by atoms with Gasteiger partial charge in [0, 0.05) is 0 Å². The molecule has 0 amide bonds. The first-order valence-electron chi connectivity index (χ1n) is 4.26. The molecule has 0 saturated carbocycles. The molecule has 0 aliphatic carbocycles. The zero-order valence-corrected chi connectivity index (χ0v) is 10.9. The molecule has 0 aromatic heterocycles. The zero-order chi connectivity index (χ0) is 14.2. The van der Waals surface area contributed by atoms with E-state index in [-0.39, 0.29) is 12.3 Å². The van der Waals surface area contributed by atoms with Gasteiger partial charge in [-0.05, 0) is 0 Å². The maximum atomic E-state index is 8.96. The van der Waals surface area contributed by atoms with Crippen LogP contribution in [0.15, 0.2) is 0 Å². The largest absolute Gasteiger partial charge is 0.466 e. The highest BCUT2D eigenvalue weighted by atomic mass is 31.2. The Kier molecular flexibility index (Phi) is 18.3. The summed E-state index contributed by atoms with van der Waals surface area (Å²) in [7, 11) is -4.64. The second-order valence-corrected chi connectivity index (χ2v) is 4.02. The predicted molar refractivity (Wildman–Crippen MR) is 62.5 cm³/mol. The molecule has 13 heteroatoms. The molecule has 0 aromatic rings. The Morgan fingerprint density at radius 1 is 0.737 bits per heavy atom. The summed E-state index contributed by atoms with van der Waals surface area (Å²) < 4.78 is 8.88. The lowest BCUT2D eigenvalue weighted by Crippen LogP contribution is -2.46. The average Bonchev–Trinajstić information content (AvgIpc) is 2.22. The molecule has 0 saturated heterocycles. The minimum atomic E-state index is -4.64. The number of rotatable bonds is 5. The van der Waals surface area contributed by atoms with Gasteiger partial charge in [-0.15, -0.1) is 0 Å².